The highest BCUT2D eigenvalue weighted by molar-refractivity contribution is 6.82. The van der Waals surface area contributed by atoms with E-state index in [0.29, 0.717) is 11.1 Å². The maximum atomic E-state index is 2.74. The van der Waals surface area contributed by atoms with Gasteiger partial charge in [-0.25, -0.2) is 0 Å². The zero-order valence-electron chi connectivity index (χ0n) is 25.6. The number of fused-ring (bicyclic) bond motifs is 3. The SMILES string of the molecule is CC1=Cc2c(cc3c(c2-c2ccc(C(C)(C)C)cc2)C2CCC3CC2)C1[Si](C)(C)C1C(C)=C(C)C(C)=C1C. The van der Waals surface area contributed by atoms with E-state index in [1.807, 2.05) is 0 Å². The standard InChI is InChI=1S/C37H48Si/c1-21-19-31-32(35(21)38(9,10)36-24(4)22(2)23(3)25(36)5)20-30-26-11-13-27(14-12-26)33(30)34(31)28-15-17-29(18-16-28)37(6,7)8/h15-20,26-27,35-36H,11-14H2,1-10H3. The molecule has 200 valence electrons. The lowest BCUT2D eigenvalue weighted by atomic mass is 9.64. The van der Waals surface area contributed by atoms with Crippen LogP contribution in [0.4, 0.5) is 0 Å². The summed E-state index contributed by atoms with van der Waals surface area (Å²) in [7, 11) is -1.77. The number of benzene rings is 2. The predicted molar refractivity (Wildman–Crippen MR) is 169 cm³/mol. The Hall–Kier alpha value is -2.12. The van der Waals surface area contributed by atoms with Crippen LogP contribution in [0, 0.1) is 0 Å². The van der Waals surface area contributed by atoms with Crippen molar-refractivity contribution in [2.75, 3.05) is 0 Å². The van der Waals surface area contributed by atoms with Crippen molar-refractivity contribution in [1.29, 1.82) is 0 Å². The maximum Gasteiger partial charge on any atom is 0.0717 e. The van der Waals surface area contributed by atoms with Gasteiger partial charge in [0.15, 0.2) is 0 Å². The minimum atomic E-state index is -1.77. The van der Waals surface area contributed by atoms with Crippen LogP contribution in [0.2, 0.25) is 18.6 Å². The van der Waals surface area contributed by atoms with Crippen molar-refractivity contribution in [1.82, 2.24) is 0 Å². The quantitative estimate of drug-likeness (QED) is 0.353. The van der Waals surface area contributed by atoms with Gasteiger partial charge in [0.05, 0.1) is 8.07 Å². The van der Waals surface area contributed by atoms with Crippen LogP contribution in [0.15, 0.2) is 58.2 Å². The van der Waals surface area contributed by atoms with Crippen LogP contribution in [-0.4, -0.2) is 8.07 Å². The van der Waals surface area contributed by atoms with E-state index in [4.69, 9.17) is 0 Å². The van der Waals surface area contributed by atoms with Crippen molar-refractivity contribution in [2.45, 2.75) is 123 Å². The summed E-state index contributed by atoms with van der Waals surface area (Å²) in [4.78, 5) is 0. The molecule has 0 saturated heterocycles. The summed E-state index contributed by atoms with van der Waals surface area (Å²) in [5.41, 5.74) is 20.6. The lowest BCUT2D eigenvalue weighted by Gasteiger charge is -2.43. The summed E-state index contributed by atoms with van der Waals surface area (Å²) in [6, 6.07) is 12.4. The Morgan fingerprint density at radius 1 is 0.711 bits per heavy atom. The van der Waals surface area contributed by atoms with Gasteiger partial charge in [0, 0.05) is 5.54 Å². The van der Waals surface area contributed by atoms with E-state index in [9.17, 15) is 0 Å². The molecule has 2 aromatic rings. The van der Waals surface area contributed by atoms with Gasteiger partial charge in [-0.1, -0.05) is 87.0 Å². The van der Waals surface area contributed by atoms with Gasteiger partial charge >= 0.3 is 0 Å². The number of rotatable bonds is 3. The summed E-state index contributed by atoms with van der Waals surface area (Å²) in [5.74, 6) is 1.50. The van der Waals surface area contributed by atoms with E-state index in [0.717, 1.165) is 11.8 Å². The Morgan fingerprint density at radius 2 is 1.26 bits per heavy atom. The predicted octanol–water partition coefficient (Wildman–Crippen LogP) is 11.2. The van der Waals surface area contributed by atoms with Crippen molar-refractivity contribution in [3.05, 3.63) is 86.0 Å². The second-order valence-corrected chi connectivity index (χ2v) is 19.6. The molecule has 0 N–H and O–H groups in total. The van der Waals surface area contributed by atoms with Crippen LogP contribution in [0.5, 0.6) is 0 Å². The molecule has 1 fully saturated rings. The van der Waals surface area contributed by atoms with Gasteiger partial charge in [0.25, 0.3) is 0 Å². The summed E-state index contributed by atoms with van der Waals surface area (Å²) in [6.07, 6.45) is 8.16. The Morgan fingerprint density at radius 3 is 1.82 bits per heavy atom. The van der Waals surface area contributed by atoms with Crippen LogP contribution in [0.25, 0.3) is 17.2 Å². The largest absolute Gasteiger partial charge is 0.0717 e. The molecule has 0 spiro atoms. The average molecular weight is 521 g/mol. The lowest BCUT2D eigenvalue weighted by molar-refractivity contribution is 0.359. The van der Waals surface area contributed by atoms with Gasteiger partial charge in [-0.2, -0.15) is 0 Å². The molecule has 2 bridgehead atoms. The van der Waals surface area contributed by atoms with Crippen molar-refractivity contribution < 1.29 is 0 Å². The minimum Gasteiger partial charge on any atom is -0.0679 e. The first kappa shape index (κ1) is 26.1. The van der Waals surface area contributed by atoms with E-state index in [1.54, 1.807) is 55.7 Å². The Bertz CT molecular complexity index is 1380. The normalized spacial score (nSPS) is 25.3. The van der Waals surface area contributed by atoms with Crippen LogP contribution in [0.1, 0.15) is 126 Å². The lowest BCUT2D eigenvalue weighted by Crippen LogP contribution is -2.41. The highest BCUT2D eigenvalue weighted by Crippen LogP contribution is 2.59. The number of hydrogen-bond donors (Lipinski definition) is 0. The van der Waals surface area contributed by atoms with E-state index >= 15 is 0 Å². The Labute approximate surface area is 233 Å². The zero-order valence-corrected chi connectivity index (χ0v) is 26.6. The highest BCUT2D eigenvalue weighted by Gasteiger charge is 2.48. The molecule has 0 aromatic heterocycles. The molecule has 2 aromatic carbocycles. The van der Waals surface area contributed by atoms with Gasteiger partial charge < -0.3 is 0 Å². The fraction of sp³-hybridized carbons (Fsp3) is 0.514. The van der Waals surface area contributed by atoms with Crippen molar-refractivity contribution in [3.63, 3.8) is 0 Å². The fourth-order valence-corrected chi connectivity index (χ4v) is 14.5. The van der Waals surface area contributed by atoms with Crippen molar-refractivity contribution in [3.8, 4) is 11.1 Å². The fourth-order valence-electron chi connectivity index (χ4n) is 9.25. The smallest absolute Gasteiger partial charge is 0.0679 e. The van der Waals surface area contributed by atoms with Gasteiger partial charge in [-0.15, -0.1) is 0 Å². The van der Waals surface area contributed by atoms with Gasteiger partial charge in [-0.05, 0) is 133 Å². The van der Waals surface area contributed by atoms with Gasteiger partial charge in [0.1, 0.15) is 0 Å². The van der Waals surface area contributed by atoms with Crippen molar-refractivity contribution in [2.24, 2.45) is 0 Å². The molecule has 0 nitrogen and oxygen atoms in total. The van der Waals surface area contributed by atoms with E-state index < -0.39 is 8.07 Å². The first-order chi connectivity index (χ1) is 17.8. The monoisotopic (exact) mass is 520 g/mol. The first-order valence-corrected chi connectivity index (χ1v) is 18.3. The zero-order chi connectivity index (χ0) is 27.3. The maximum absolute atomic E-state index is 2.74. The summed E-state index contributed by atoms with van der Waals surface area (Å²) < 4.78 is 0. The molecular weight excluding hydrogens is 472 g/mol. The van der Waals surface area contributed by atoms with Crippen LogP contribution < -0.4 is 0 Å². The summed E-state index contributed by atoms with van der Waals surface area (Å²) in [6.45, 7) is 24.4. The number of hydrogen-bond acceptors (Lipinski definition) is 0. The van der Waals surface area contributed by atoms with E-state index in [-0.39, 0.29) is 5.41 Å². The molecule has 1 heteroatoms. The molecule has 5 aliphatic rings. The summed E-state index contributed by atoms with van der Waals surface area (Å²) in [5, 5.41) is 0. The molecule has 1 saturated carbocycles. The highest BCUT2D eigenvalue weighted by atomic mass is 28.3. The topological polar surface area (TPSA) is 0 Å². The Balaban J connectivity index is 1.56. The van der Waals surface area contributed by atoms with E-state index in [1.165, 1.54) is 36.8 Å². The molecule has 0 heterocycles. The molecule has 0 aliphatic heterocycles. The molecule has 7 rings (SSSR count). The van der Waals surface area contributed by atoms with Crippen molar-refractivity contribution >= 4 is 14.1 Å². The van der Waals surface area contributed by atoms with Gasteiger partial charge in [0.2, 0.25) is 0 Å². The minimum absolute atomic E-state index is 0.182. The second kappa shape index (κ2) is 8.69. The molecule has 1 unspecified atom stereocenters. The second-order valence-electron chi connectivity index (χ2n) is 14.8. The average Bonchev–Trinajstić information content (AvgIpc) is 3.31. The number of allylic oxidation sites excluding steroid dienone is 5. The molecular formula is C37H48Si. The van der Waals surface area contributed by atoms with Crippen LogP contribution in [-0.2, 0) is 5.41 Å². The first-order valence-electron chi connectivity index (χ1n) is 15.2. The molecule has 1 atom stereocenters. The van der Waals surface area contributed by atoms with Crippen LogP contribution in [0.3, 0.4) is 0 Å². The summed E-state index contributed by atoms with van der Waals surface area (Å²) >= 11 is 0. The third kappa shape index (κ3) is 3.67. The molecule has 38 heavy (non-hydrogen) atoms. The molecule has 0 amide bonds. The Kier molecular flexibility index (Phi) is 5.97. The van der Waals surface area contributed by atoms with Crippen LogP contribution >= 0.6 is 0 Å². The van der Waals surface area contributed by atoms with Gasteiger partial charge in [-0.3, -0.25) is 0 Å². The third-order valence-corrected chi connectivity index (χ3v) is 15.9. The molecule has 0 radical (unpaired) electrons. The van der Waals surface area contributed by atoms with E-state index in [2.05, 4.69) is 105 Å². The third-order valence-electron chi connectivity index (χ3n) is 11.3. The molecule has 5 aliphatic carbocycles.